The lowest BCUT2D eigenvalue weighted by Crippen LogP contribution is -2.38. The third-order valence-electron chi connectivity index (χ3n) is 4.71. The van der Waals surface area contributed by atoms with E-state index in [4.69, 9.17) is 23.2 Å². The quantitative estimate of drug-likeness (QED) is 0.691. The Labute approximate surface area is 160 Å². The number of halogens is 2. The van der Waals surface area contributed by atoms with E-state index in [1.54, 1.807) is 21.6 Å². The number of hydrogen-bond donors (Lipinski definition) is 0. The van der Waals surface area contributed by atoms with Gasteiger partial charge in [0, 0.05) is 10.7 Å². The number of carbonyl (C=O) groups is 1. The monoisotopic (exact) mass is 398 g/mol. The van der Waals surface area contributed by atoms with Crippen molar-refractivity contribution in [3.05, 3.63) is 44.2 Å². The minimum atomic E-state index is -0.182. The van der Waals surface area contributed by atoms with Crippen LogP contribution in [0.3, 0.4) is 0 Å². The van der Waals surface area contributed by atoms with Crippen molar-refractivity contribution in [2.75, 3.05) is 5.88 Å². The molecule has 2 aromatic rings. The van der Waals surface area contributed by atoms with E-state index in [1.807, 2.05) is 6.07 Å². The average molecular weight is 399 g/mol. The summed E-state index contributed by atoms with van der Waals surface area (Å²) >= 11 is 13.1. The van der Waals surface area contributed by atoms with Crippen molar-refractivity contribution in [3.63, 3.8) is 0 Å². The maximum atomic E-state index is 12.6. The highest BCUT2D eigenvalue weighted by Gasteiger charge is 2.27. The number of nitrogens with zero attached hydrogens (tertiary/aromatic N) is 2. The van der Waals surface area contributed by atoms with Crippen LogP contribution in [0.15, 0.2) is 34.3 Å². The fourth-order valence-corrected chi connectivity index (χ4v) is 4.70. The van der Waals surface area contributed by atoms with Crippen LogP contribution in [0.2, 0.25) is 5.02 Å². The number of benzene rings is 1. The molecule has 0 spiro atoms. The lowest BCUT2D eigenvalue weighted by molar-refractivity contribution is -0.128. The number of rotatable bonds is 4. The second kappa shape index (κ2) is 7.52. The molecule has 0 aliphatic heterocycles. The molecule has 0 saturated carbocycles. The first-order valence-corrected chi connectivity index (χ1v) is 10.00. The second-order valence-electron chi connectivity index (χ2n) is 6.46. The molecule has 1 atom stereocenters. The molecule has 1 aromatic carbocycles. The molecule has 0 fully saturated rings. The number of hydrogen-bond acceptors (Lipinski definition) is 3. The van der Waals surface area contributed by atoms with Crippen molar-refractivity contribution in [2.24, 2.45) is 5.92 Å². The molecule has 3 rings (SSSR count). The highest BCUT2D eigenvalue weighted by Crippen LogP contribution is 2.33. The van der Waals surface area contributed by atoms with Crippen LogP contribution in [0.4, 0.5) is 0 Å². The number of aromatic nitrogens is 1. The van der Waals surface area contributed by atoms with E-state index in [-0.39, 0.29) is 29.2 Å². The molecule has 134 valence electrons. The van der Waals surface area contributed by atoms with Gasteiger partial charge in [-0.05, 0) is 50.3 Å². The predicted octanol–water partition coefficient (Wildman–Crippen LogP) is 4.84. The lowest BCUT2D eigenvalue weighted by Gasteiger charge is -2.34. The Kier molecular flexibility index (Phi) is 5.56. The first-order chi connectivity index (χ1) is 11.9. The molecule has 1 aliphatic rings. The fourth-order valence-electron chi connectivity index (χ4n) is 3.53. The first-order valence-electron chi connectivity index (χ1n) is 8.27. The molecule has 1 aliphatic carbocycles. The third-order valence-corrected chi connectivity index (χ3v) is 6.14. The van der Waals surface area contributed by atoms with Crippen LogP contribution in [-0.2, 0) is 11.5 Å². The first kappa shape index (κ1) is 18.5. The number of fused-ring (bicyclic) bond motifs is 1. The topological polar surface area (TPSA) is 42.3 Å². The van der Waals surface area contributed by atoms with E-state index in [2.05, 4.69) is 13.8 Å². The van der Waals surface area contributed by atoms with Gasteiger partial charge >= 0.3 is 4.87 Å². The molecule has 0 radical (unpaired) electrons. The largest absolute Gasteiger partial charge is 0.309 e. The van der Waals surface area contributed by atoms with Gasteiger partial charge in [0.1, 0.15) is 12.5 Å². The van der Waals surface area contributed by atoms with Crippen molar-refractivity contribution in [1.82, 2.24) is 9.47 Å². The highest BCUT2D eigenvalue weighted by molar-refractivity contribution is 7.16. The summed E-state index contributed by atoms with van der Waals surface area (Å²) in [4.78, 5) is 26.6. The molecular formula is C18H20Cl2N2O2S. The molecule has 25 heavy (non-hydrogen) atoms. The van der Waals surface area contributed by atoms with E-state index >= 15 is 0 Å². The van der Waals surface area contributed by atoms with E-state index in [0.717, 1.165) is 46.5 Å². The summed E-state index contributed by atoms with van der Waals surface area (Å²) in [5.41, 5.74) is 2.95. The predicted molar refractivity (Wildman–Crippen MR) is 104 cm³/mol. The second-order valence-corrected chi connectivity index (χ2v) is 8.16. The maximum Gasteiger partial charge on any atom is 0.309 e. The number of allylic oxidation sites excluding steroid dienone is 2. The zero-order valence-corrected chi connectivity index (χ0v) is 16.5. The zero-order chi connectivity index (χ0) is 18.1. The summed E-state index contributed by atoms with van der Waals surface area (Å²) in [7, 11) is 0. The van der Waals surface area contributed by atoms with Crippen molar-refractivity contribution in [1.29, 1.82) is 0 Å². The van der Waals surface area contributed by atoms with Gasteiger partial charge in [0.15, 0.2) is 0 Å². The number of amides is 1. The summed E-state index contributed by atoms with van der Waals surface area (Å²) in [6.45, 7) is 4.35. The standard InChI is InChI=1S/C18H20Cl2N2O2S/c1-11-4-3-5-12(2)17(11)22(16(23)9-19)10-21-14-8-13(20)6-7-15(14)25-18(21)24/h6-8,11H,3-5,9-10H2,1-2H3. The van der Waals surface area contributed by atoms with Crippen molar-refractivity contribution in [2.45, 2.75) is 39.8 Å². The molecule has 0 saturated heterocycles. The summed E-state index contributed by atoms with van der Waals surface area (Å²) in [6, 6.07) is 5.37. The van der Waals surface area contributed by atoms with Crippen LogP contribution >= 0.6 is 34.5 Å². The maximum absolute atomic E-state index is 12.6. The van der Waals surface area contributed by atoms with Crippen LogP contribution in [0.5, 0.6) is 0 Å². The summed E-state index contributed by atoms with van der Waals surface area (Å²) in [5.74, 6) is -0.0238. The minimum Gasteiger partial charge on any atom is -0.296 e. The Hall–Kier alpha value is -1.30. The fraction of sp³-hybridized carbons (Fsp3) is 0.444. The van der Waals surface area contributed by atoms with Crippen molar-refractivity contribution >= 4 is 50.7 Å². The van der Waals surface area contributed by atoms with E-state index in [0.29, 0.717) is 5.02 Å². The molecule has 1 unspecified atom stereocenters. The van der Waals surface area contributed by atoms with Crippen LogP contribution in [0, 0.1) is 5.92 Å². The van der Waals surface area contributed by atoms with Crippen molar-refractivity contribution in [3.8, 4) is 0 Å². The minimum absolute atomic E-state index is 0.105. The van der Waals surface area contributed by atoms with Crippen molar-refractivity contribution < 1.29 is 4.79 Å². The molecule has 7 heteroatoms. The van der Waals surface area contributed by atoms with Crippen LogP contribution in [-0.4, -0.2) is 21.3 Å². The van der Waals surface area contributed by atoms with Crippen LogP contribution in [0.25, 0.3) is 10.2 Å². The Bertz CT molecular complexity index is 900. The van der Waals surface area contributed by atoms with E-state index < -0.39 is 0 Å². The molecule has 1 aromatic heterocycles. The normalized spacial score (nSPS) is 18.0. The summed E-state index contributed by atoms with van der Waals surface area (Å²) in [5, 5.41) is 0.565. The smallest absolute Gasteiger partial charge is 0.296 e. The van der Waals surface area contributed by atoms with Gasteiger partial charge in [-0.15, -0.1) is 11.6 Å². The Morgan fingerprint density at radius 1 is 1.44 bits per heavy atom. The molecular weight excluding hydrogens is 379 g/mol. The zero-order valence-electron chi connectivity index (χ0n) is 14.2. The van der Waals surface area contributed by atoms with Gasteiger partial charge in [-0.2, -0.15) is 0 Å². The molecule has 0 N–H and O–H groups in total. The van der Waals surface area contributed by atoms with Gasteiger partial charge in [-0.25, -0.2) is 0 Å². The average Bonchev–Trinajstić information content (AvgIpc) is 2.88. The summed E-state index contributed by atoms with van der Waals surface area (Å²) in [6.07, 6.45) is 3.12. The van der Waals surface area contributed by atoms with Gasteiger partial charge in [-0.1, -0.05) is 35.4 Å². The number of thiazole rings is 1. The van der Waals surface area contributed by atoms with E-state index in [9.17, 15) is 9.59 Å². The van der Waals surface area contributed by atoms with Gasteiger partial charge in [0.2, 0.25) is 5.91 Å². The van der Waals surface area contributed by atoms with Gasteiger partial charge in [0.05, 0.1) is 10.2 Å². The number of alkyl halides is 1. The number of carbonyl (C=O) groups excluding carboxylic acids is 1. The lowest BCUT2D eigenvalue weighted by atomic mass is 9.88. The van der Waals surface area contributed by atoms with Gasteiger partial charge in [-0.3, -0.25) is 19.1 Å². The Morgan fingerprint density at radius 2 is 2.20 bits per heavy atom. The van der Waals surface area contributed by atoms with Crippen LogP contribution < -0.4 is 4.87 Å². The third kappa shape index (κ3) is 3.64. The SMILES string of the molecule is CC1=C(N(Cn2c(=O)sc3ccc(Cl)cc32)C(=O)CCl)C(C)CCC1. The summed E-state index contributed by atoms with van der Waals surface area (Å²) < 4.78 is 2.47. The highest BCUT2D eigenvalue weighted by atomic mass is 35.5. The molecule has 1 heterocycles. The molecule has 4 nitrogen and oxygen atoms in total. The van der Waals surface area contributed by atoms with Crippen LogP contribution in [0.1, 0.15) is 33.1 Å². The molecule has 1 amide bonds. The molecule has 0 bridgehead atoms. The van der Waals surface area contributed by atoms with Gasteiger partial charge in [0.25, 0.3) is 0 Å². The Morgan fingerprint density at radius 3 is 2.88 bits per heavy atom. The van der Waals surface area contributed by atoms with E-state index in [1.165, 1.54) is 5.57 Å². The van der Waals surface area contributed by atoms with Gasteiger partial charge < -0.3 is 0 Å². The Balaban J connectivity index is 2.08.